The Kier molecular flexibility index (Phi) is 3.22. The van der Waals surface area contributed by atoms with E-state index in [4.69, 9.17) is 10.2 Å². The Morgan fingerprint density at radius 1 is 1.31 bits per heavy atom. The summed E-state index contributed by atoms with van der Waals surface area (Å²) in [6.45, 7) is 0. The molecule has 0 aromatic heterocycles. The van der Waals surface area contributed by atoms with Crippen LogP contribution in [0, 0.1) is 0 Å². The zero-order valence-corrected chi connectivity index (χ0v) is 7.82. The van der Waals surface area contributed by atoms with E-state index in [9.17, 15) is 18.0 Å². The van der Waals surface area contributed by atoms with Crippen molar-refractivity contribution in [2.45, 2.75) is 6.18 Å². The number of carbonyl (C=O) groups is 1. The Balaban J connectivity index is 3.18. The van der Waals surface area contributed by atoms with Crippen molar-refractivity contribution < 1.29 is 28.2 Å². The van der Waals surface area contributed by atoms with Gasteiger partial charge in [-0.15, -0.1) is 0 Å². The van der Waals surface area contributed by atoms with Gasteiger partial charge < -0.3 is 10.2 Å². The van der Waals surface area contributed by atoms with E-state index in [0.717, 1.165) is 6.07 Å². The van der Waals surface area contributed by atoms with Gasteiger partial charge in [0.2, 0.25) is 0 Å². The first-order valence-corrected chi connectivity index (χ1v) is 4.12. The van der Waals surface area contributed by atoms with E-state index in [2.05, 4.69) is 0 Å². The van der Waals surface area contributed by atoms with E-state index in [1.54, 1.807) is 0 Å². The first-order valence-electron chi connectivity index (χ1n) is 4.12. The molecule has 0 saturated heterocycles. The maximum Gasteiger partial charge on any atom is 0.423 e. The molecule has 0 saturated carbocycles. The summed E-state index contributed by atoms with van der Waals surface area (Å²) in [6, 6.07) is 4.88. The number of halogens is 3. The largest absolute Gasteiger partial charge is 0.508 e. The highest BCUT2D eigenvalue weighted by Gasteiger charge is 2.38. The molecular weight excluding hydrogens is 225 g/mol. The third-order valence-electron chi connectivity index (χ3n) is 1.72. The van der Waals surface area contributed by atoms with Crippen molar-refractivity contribution in [2.75, 3.05) is 0 Å². The predicted octanol–water partition coefficient (Wildman–Crippen LogP) is 2.42. The molecule has 0 radical (unpaired) electrons. The van der Waals surface area contributed by atoms with Gasteiger partial charge in [-0.05, 0) is 23.8 Å². The van der Waals surface area contributed by atoms with Crippen molar-refractivity contribution in [2.24, 2.45) is 0 Å². The molecule has 16 heavy (non-hydrogen) atoms. The number of carboxylic acid groups (broad SMARTS) is 1. The SMILES string of the molecule is O=C(O)/C(=C\c1cccc(O)c1)C(F)(F)F. The fourth-order valence-corrected chi connectivity index (χ4v) is 1.05. The quantitative estimate of drug-likeness (QED) is 0.770. The van der Waals surface area contributed by atoms with Gasteiger partial charge in [-0.3, -0.25) is 0 Å². The molecule has 0 atom stereocenters. The van der Waals surface area contributed by atoms with Gasteiger partial charge in [-0.25, -0.2) is 4.79 Å². The first-order chi connectivity index (χ1) is 7.30. The fraction of sp³-hybridized carbons (Fsp3) is 0.100. The summed E-state index contributed by atoms with van der Waals surface area (Å²) >= 11 is 0. The molecule has 0 spiro atoms. The van der Waals surface area contributed by atoms with Crippen LogP contribution in [0.25, 0.3) is 6.08 Å². The maximum absolute atomic E-state index is 12.2. The van der Waals surface area contributed by atoms with Crippen molar-refractivity contribution in [3.05, 3.63) is 35.4 Å². The van der Waals surface area contributed by atoms with Crippen LogP contribution in [0.1, 0.15) is 5.56 Å². The summed E-state index contributed by atoms with van der Waals surface area (Å²) in [5, 5.41) is 17.4. The molecule has 1 aromatic carbocycles. The summed E-state index contributed by atoms with van der Waals surface area (Å²) in [4.78, 5) is 10.4. The monoisotopic (exact) mass is 232 g/mol. The van der Waals surface area contributed by atoms with Crippen LogP contribution in [0.3, 0.4) is 0 Å². The van der Waals surface area contributed by atoms with Gasteiger partial charge in [0.1, 0.15) is 11.3 Å². The Morgan fingerprint density at radius 2 is 1.94 bits per heavy atom. The maximum atomic E-state index is 12.2. The predicted molar refractivity (Wildman–Crippen MR) is 49.8 cm³/mol. The summed E-state index contributed by atoms with van der Waals surface area (Å²) in [7, 11) is 0. The van der Waals surface area contributed by atoms with Crippen molar-refractivity contribution in [1.82, 2.24) is 0 Å². The number of alkyl halides is 3. The van der Waals surface area contributed by atoms with Gasteiger partial charge in [0.05, 0.1) is 0 Å². The van der Waals surface area contributed by atoms with Gasteiger partial charge in [0.15, 0.2) is 0 Å². The number of hydrogen-bond donors (Lipinski definition) is 2. The lowest BCUT2D eigenvalue weighted by atomic mass is 10.1. The zero-order chi connectivity index (χ0) is 12.3. The molecule has 86 valence electrons. The van der Waals surface area contributed by atoms with Crippen molar-refractivity contribution in [1.29, 1.82) is 0 Å². The van der Waals surface area contributed by atoms with E-state index in [1.807, 2.05) is 0 Å². The van der Waals surface area contributed by atoms with Gasteiger partial charge in [0, 0.05) is 0 Å². The summed E-state index contributed by atoms with van der Waals surface area (Å²) < 4.78 is 36.7. The Morgan fingerprint density at radius 3 is 2.38 bits per heavy atom. The number of hydrogen-bond acceptors (Lipinski definition) is 2. The average Bonchev–Trinajstić information content (AvgIpc) is 2.12. The molecule has 0 fully saturated rings. The number of benzene rings is 1. The minimum atomic E-state index is -4.93. The van der Waals surface area contributed by atoms with Crippen LogP contribution in [0.4, 0.5) is 13.2 Å². The Hall–Kier alpha value is -1.98. The number of aromatic hydroxyl groups is 1. The van der Waals surface area contributed by atoms with E-state index < -0.39 is 17.7 Å². The third kappa shape index (κ3) is 3.01. The highest BCUT2D eigenvalue weighted by molar-refractivity contribution is 5.93. The molecule has 1 aromatic rings. The molecule has 2 N–H and O–H groups in total. The summed E-state index contributed by atoms with van der Waals surface area (Å²) in [5.74, 6) is -2.29. The molecule has 0 bridgehead atoms. The second-order valence-electron chi connectivity index (χ2n) is 2.96. The van der Waals surface area contributed by atoms with Crippen LogP contribution in [0.15, 0.2) is 29.8 Å². The minimum Gasteiger partial charge on any atom is -0.508 e. The van der Waals surface area contributed by atoms with Gasteiger partial charge in [-0.2, -0.15) is 13.2 Å². The number of aliphatic carboxylic acids is 1. The van der Waals surface area contributed by atoms with Crippen LogP contribution in [0.2, 0.25) is 0 Å². The van der Waals surface area contributed by atoms with Crippen molar-refractivity contribution in [3.63, 3.8) is 0 Å². The van der Waals surface area contributed by atoms with Gasteiger partial charge in [-0.1, -0.05) is 12.1 Å². The van der Waals surface area contributed by atoms with E-state index in [-0.39, 0.29) is 11.3 Å². The van der Waals surface area contributed by atoms with Crippen molar-refractivity contribution in [3.8, 4) is 5.75 Å². The third-order valence-corrected chi connectivity index (χ3v) is 1.72. The number of rotatable bonds is 2. The molecular formula is C10H7F3O3. The van der Waals surface area contributed by atoms with E-state index in [1.165, 1.54) is 18.2 Å². The molecule has 0 amide bonds. The molecule has 6 heteroatoms. The lowest BCUT2D eigenvalue weighted by Gasteiger charge is -2.06. The number of phenols is 1. The van der Waals surface area contributed by atoms with E-state index in [0.29, 0.717) is 6.08 Å². The summed E-state index contributed by atoms with van der Waals surface area (Å²) in [5.41, 5.74) is -1.71. The lowest BCUT2D eigenvalue weighted by Crippen LogP contribution is -2.19. The zero-order valence-electron chi connectivity index (χ0n) is 7.82. The van der Waals surface area contributed by atoms with Crippen LogP contribution >= 0.6 is 0 Å². The topological polar surface area (TPSA) is 57.5 Å². The number of phenolic OH excluding ortho intramolecular Hbond substituents is 1. The molecule has 0 unspecified atom stereocenters. The Labute approximate surface area is 88.4 Å². The van der Waals surface area contributed by atoms with Gasteiger partial charge >= 0.3 is 12.1 Å². The molecule has 0 aliphatic carbocycles. The van der Waals surface area contributed by atoms with Crippen molar-refractivity contribution >= 4 is 12.0 Å². The highest BCUT2D eigenvalue weighted by atomic mass is 19.4. The van der Waals surface area contributed by atoms with E-state index >= 15 is 0 Å². The van der Waals surface area contributed by atoms with Crippen LogP contribution in [-0.4, -0.2) is 22.4 Å². The van der Waals surface area contributed by atoms with Crippen LogP contribution in [0.5, 0.6) is 5.75 Å². The highest BCUT2D eigenvalue weighted by Crippen LogP contribution is 2.28. The normalized spacial score (nSPS) is 12.6. The standard InChI is InChI=1S/C10H7F3O3/c11-10(12,13)8(9(15)16)5-6-2-1-3-7(14)4-6/h1-5,14H,(H,15,16)/b8-5+. The molecule has 0 aliphatic heterocycles. The average molecular weight is 232 g/mol. The molecule has 0 aliphatic rings. The fourth-order valence-electron chi connectivity index (χ4n) is 1.05. The minimum absolute atomic E-state index is 0.0327. The molecule has 3 nitrogen and oxygen atoms in total. The Bertz CT molecular complexity index is 435. The second kappa shape index (κ2) is 4.26. The molecule has 1 rings (SSSR count). The second-order valence-corrected chi connectivity index (χ2v) is 2.96. The first kappa shape index (κ1) is 12.1. The van der Waals surface area contributed by atoms with Crippen LogP contribution in [-0.2, 0) is 4.79 Å². The lowest BCUT2D eigenvalue weighted by molar-refractivity contribution is -0.144. The van der Waals surface area contributed by atoms with Gasteiger partial charge in [0.25, 0.3) is 0 Å². The number of carboxylic acids is 1. The van der Waals surface area contributed by atoms with Crippen LogP contribution < -0.4 is 0 Å². The smallest absolute Gasteiger partial charge is 0.423 e. The summed E-state index contributed by atoms with van der Waals surface area (Å²) in [6.07, 6.45) is -4.47. The molecule has 0 heterocycles.